The molecule has 2 N–H and O–H groups in total. The molecule has 2 rings (SSSR count). The summed E-state index contributed by atoms with van der Waals surface area (Å²) < 4.78 is 5.41. The predicted octanol–water partition coefficient (Wildman–Crippen LogP) is 1.92. The summed E-state index contributed by atoms with van der Waals surface area (Å²) in [4.78, 5) is 37.6. The van der Waals surface area contributed by atoms with E-state index < -0.39 is 6.04 Å². The van der Waals surface area contributed by atoms with E-state index in [2.05, 4.69) is 17.8 Å². The molecule has 1 aliphatic heterocycles. The first-order valence-corrected chi connectivity index (χ1v) is 8.70. The number of nitrogens with one attached hydrogen (secondary N) is 2. The molecule has 25 heavy (non-hydrogen) atoms. The molecule has 3 amide bonds. The van der Waals surface area contributed by atoms with E-state index in [1.807, 2.05) is 6.92 Å². The molecule has 1 atom stereocenters. The first kappa shape index (κ1) is 18.9. The zero-order valence-electron chi connectivity index (χ0n) is 14.7. The van der Waals surface area contributed by atoms with Crippen molar-refractivity contribution in [2.45, 2.75) is 52.0 Å². The summed E-state index contributed by atoms with van der Waals surface area (Å²) in [5, 5.41) is 0. The highest BCUT2D eigenvalue weighted by Crippen LogP contribution is 2.26. The lowest BCUT2D eigenvalue weighted by Crippen LogP contribution is -2.48. The van der Waals surface area contributed by atoms with Crippen LogP contribution in [0.4, 0.5) is 5.69 Å². The number of hydrogen-bond donors (Lipinski definition) is 2. The number of nitrogens with zero attached hydrogens (tertiary/aromatic N) is 1. The van der Waals surface area contributed by atoms with Gasteiger partial charge >= 0.3 is 0 Å². The maximum atomic E-state index is 12.5. The van der Waals surface area contributed by atoms with Crippen molar-refractivity contribution in [3.63, 3.8) is 0 Å². The molecule has 1 aromatic carbocycles. The van der Waals surface area contributed by atoms with Crippen molar-refractivity contribution >= 4 is 23.4 Å². The maximum Gasteiger partial charge on any atom is 0.253 e. The van der Waals surface area contributed by atoms with Gasteiger partial charge in [-0.05, 0) is 25.5 Å². The summed E-state index contributed by atoms with van der Waals surface area (Å²) in [6.45, 7) is 4.43. The van der Waals surface area contributed by atoms with E-state index in [0.717, 1.165) is 24.2 Å². The van der Waals surface area contributed by atoms with Gasteiger partial charge in [-0.3, -0.25) is 19.8 Å². The van der Waals surface area contributed by atoms with Gasteiger partial charge in [0, 0.05) is 12.5 Å². The summed E-state index contributed by atoms with van der Waals surface area (Å²) in [5.74, 6) is -0.268. The molecule has 0 spiro atoms. The van der Waals surface area contributed by atoms with Crippen LogP contribution >= 0.6 is 0 Å². The molecule has 1 aromatic rings. The molecule has 7 nitrogen and oxygen atoms in total. The van der Waals surface area contributed by atoms with Gasteiger partial charge in [0.15, 0.2) is 0 Å². The highest BCUT2D eigenvalue weighted by Gasteiger charge is 2.39. The normalized spacial score (nSPS) is 17.0. The SMILES string of the molecule is CCCCCC(=O)NN[C@@H]1CC(=O)N(c2cccc(OCC)c2)C1=O. The van der Waals surface area contributed by atoms with E-state index >= 15 is 0 Å². The summed E-state index contributed by atoms with van der Waals surface area (Å²) >= 11 is 0. The van der Waals surface area contributed by atoms with Crippen LogP contribution in [0.25, 0.3) is 0 Å². The van der Waals surface area contributed by atoms with Crippen LogP contribution in [-0.4, -0.2) is 30.4 Å². The molecule has 0 radical (unpaired) electrons. The fraction of sp³-hybridized carbons (Fsp3) is 0.500. The van der Waals surface area contributed by atoms with Crippen LogP contribution in [0.1, 0.15) is 46.0 Å². The van der Waals surface area contributed by atoms with Gasteiger partial charge < -0.3 is 4.74 Å². The Labute approximate surface area is 147 Å². The Hall–Kier alpha value is -2.41. The number of carbonyl (C=O) groups excluding carboxylic acids is 3. The van der Waals surface area contributed by atoms with Gasteiger partial charge in [0.1, 0.15) is 11.8 Å². The number of benzene rings is 1. The Morgan fingerprint density at radius 1 is 1.28 bits per heavy atom. The molecule has 7 heteroatoms. The monoisotopic (exact) mass is 347 g/mol. The van der Waals surface area contributed by atoms with E-state index in [4.69, 9.17) is 4.74 Å². The Bertz CT molecular complexity index is 633. The van der Waals surface area contributed by atoms with Gasteiger partial charge in [-0.25, -0.2) is 10.3 Å². The maximum absolute atomic E-state index is 12.5. The molecular weight excluding hydrogens is 322 g/mol. The molecule has 1 fully saturated rings. The van der Waals surface area contributed by atoms with Crippen LogP contribution in [-0.2, 0) is 14.4 Å². The fourth-order valence-electron chi connectivity index (χ4n) is 2.66. The predicted molar refractivity (Wildman–Crippen MR) is 93.9 cm³/mol. The molecular formula is C18H25N3O4. The van der Waals surface area contributed by atoms with Gasteiger partial charge in [-0.15, -0.1) is 0 Å². The molecule has 136 valence electrons. The van der Waals surface area contributed by atoms with Gasteiger partial charge in [0.05, 0.1) is 18.7 Å². The highest BCUT2D eigenvalue weighted by atomic mass is 16.5. The lowest BCUT2D eigenvalue weighted by Gasteiger charge is -2.16. The van der Waals surface area contributed by atoms with Crippen LogP contribution in [0, 0.1) is 0 Å². The van der Waals surface area contributed by atoms with E-state index in [1.54, 1.807) is 24.3 Å². The van der Waals surface area contributed by atoms with Crippen molar-refractivity contribution in [1.82, 2.24) is 10.9 Å². The van der Waals surface area contributed by atoms with E-state index in [9.17, 15) is 14.4 Å². The second-order valence-electron chi connectivity index (χ2n) is 5.90. The minimum absolute atomic E-state index is 0.00688. The van der Waals surface area contributed by atoms with E-state index in [0.29, 0.717) is 24.5 Å². The van der Waals surface area contributed by atoms with Crippen LogP contribution < -0.4 is 20.5 Å². The molecule has 0 bridgehead atoms. The third-order valence-electron chi connectivity index (χ3n) is 3.93. The lowest BCUT2D eigenvalue weighted by molar-refractivity contribution is -0.123. The van der Waals surface area contributed by atoms with Crippen LogP contribution in [0.3, 0.4) is 0 Å². The van der Waals surface area contributed by atoms with Crippen molar-refractivity contribution in [2.75, 3.05) is 11.5 Å². The lowest BCUT2D eigenvalue weighted by atomic mass is 10.2. The Morgan fingerprint density at radius 3 is 2.80 bits per heavy atom. The fourth-order valence-corrected chi connectivity index (χ4v) is 2.66. The number of anilines is 1. The number of amides is 3. The second kappa shape index (κ2) is 9.17. The molecule has 0 unspecified atom stereocenters. The quantitative estimate of drug-likeness (QED) is 0.405. The van der Waals surface area contributed by atoms with Crippen molar-refractivity contribution in [2.24, 2.45) is 0 Å². The van der Waals surface area contributed by atoms with E-state index in [1.165, 1.54) is 0 Å². The molecule has 1 heterocycles. The number of unbranched alkanes of at least 4 members (excludes halogenated alkanes) is 2. The van der Waals surface area contributed by atoms with Gasteiger partial charge in [-0.1, -0.05) is 25.8 Å². The third kappa shape index (κ3) is 5.03. The zero-order valence-corrected chi connectivity index (χ0v) is 14.7. The number of hydrogen-bond acceptors (Lipinski definition) is 5. The molecule has 0 aliphatic carbocycles. The third-order valence-corrected chi connectivity index (χ3v) is 3.93. The Kier molecular flexibility index (Phi) is 6.94. The van der Waals surface area contributed by atoms with Crippen LogP contribution in [0.2, 0.25) is 0 Å². The van der Waals surface area contributed by atoms with Crippen molar-refractivity contribution in [3.8, 4) is 5.75 Å². The first-order chi connectivity index (χ1) is 12.1. The van der Waals surface area contributed by atoms with E-state index in [-0.39, 0.29) is 24.1 Å². The minimum Gasteiger partial charge on any atom is -0.494 e. The molecule has 0 aromatic heterocycles. The number of ether oxygens (including phenoxy) is 1. The summed E-state index contributed by atoms with van der Waals surface area (Å²) in [6.07, 6.45) is 3.23. The van der Waals surface area contributed by atoms with Crippen molar-refractivity contribution < 1.29 is 19.1 Å². The molecule has 1 saturated heterocycles. The molecule has 0 saturated carbocycles. The topological polar surface area (TPSA) is 87.7 Å². The average Bonchev–Trinajstić information content (AvgIpc) is 2.87. The van der Waals surface area contributed by atoms with Crippen LogP contribution in [0.5, 0.6) is 5.75 Å². The van der Waals surface area contributed by atoms with Gasteiger partial charge in [0.2, 0.25) is 11.8 Å². The second-order valence-corrected chi connectivity index (χ2v) is 5.90. The van der Waals surface area contributed by atoms with Crippen molar-refractivity contribution in [3.05, 3.63) is 24.3 Å². The number of carbonyl (C=O) groups is 3. The summed E-state index contributed by atoms with van der Waals surface area (Å²) in [6, 6.07) is 6.09. The summed E-state index contributed by atoms with van der Waals surface area (Å²) in [7, 11) is 0. The zero-order chi connectivity index (χ0) is 18.2. The Balaban J connectivity index is 1.95. The highest BCUT2D eigenvalue weighted by molar-refractivity contribution is 6.22. The number of rotatable bonds is 9. The largest absolute Gasteiger partial charge is 0.494 e. The first-order valence-electron chi connectivity index (χ1n) is 8.70. The molecule has 1 aliphatic rings. The number of hydrazine groups is 1. The average molecular weight is 347 g/mol. The standard InChI is InChI=1S/C18H25N3O4/c1-3-5-6-10-16(22)20-19-15-12-17(23)21(18(15)24)13-8-7-9-14(11-13)25-4-2/h7-9,11,15,19H,3-6,10,12H2,1-2H3,(H,20,22)/t15-/m1/s1. The van der Waals surface area contributed by atoms with Gasteiger partial charge in [-0.2, -0.15) is 0 Å². The van der Waals surface area contributed by atoms with Crippen molar-refractivity contribution in [1.29, 1.82) is 0 Å². The Morgan fingerprint density at radius 2 is 2.08 bits per heavy atom. The number of imide groups is 1. The van der Waals surface area contributed by atoms with Gasteiger partial charge in [0.25, 0.3) is 5.91 Å². The van der Waals surface area contributed by atoms with Crippen LogP contribution in [0.15, 0.2) is 24.3 Å². The minimum atomic E-state index is -0.752. The summed E-state index contributed by atoms with van der Waals surface area (Å²) in [5.41, 5.74) is 5.68. The smallest absolute Gasteiger partial charge is 0.253 e.